The number of likely N-dealkylation sites (tertiary alicyclic amines) is 1. The van der Waals surface area contributed by atoms with Crippen LogP contribution in [0.1, 0.15) is 25.0 Å². The summed E-state index contributed by atoms with van der Waals surface area (Å²) in [6.07, 6.45) is 5.50. The third-order valence-electron chi connectivity index (χ3n) is 3.15. The summed E-state index contributed by atoms with van der Waals surface area (Å²) in [5.41, 5.74) is 1.03. The van der Waals surface area contributed by atoms with Gasteiger partial charge in [0.2, 0.25) is 0 Å². The maximum Gasteiger partial charge on any atom is 0.0769 e. The lowest BCUT2D eigenvalue weighted by atomic mass is 10.1. The highest BCUT2D eigenvalue weighted by molar-refractivity contribution is 4.98. The van der Waals surface area contributed by atoms with E-state index in [9.17, 15) is 0 Å². The molecule has 0 amide bonds. The van der Waals surface area contributed by atoms with Crippen molar-refractivity contribution in [1.82, 2.24) is 20.4 Å². The number of hydrogen-bond acceptors (Lipinski definition) is 4. The topological polar surface area (TPSA) is 41.0 Å². The molecule has 1 aliphatic heterocycles. The van der Waals surface area contributed by atoms with E-state index >= 15 is 0 Å². The molecule has 1 N–H and O–H groups in total. The van der Waals surface area contributed by atoms with Gasteiger partial charge in [0.05, 0.1) is 5.69 Å². The number of rotatable bonds is 3. The number of nitrogens with zero attached hydrogens (tertiary/aromatic N) is 3. The fourth-order valence-electron chi connectivity index (χ4n) is 2.12. The minimum Gasteiger partial charge on any atom is -0.308 e. The number of hydrogen-bond donors (Lipinski definition) is 1. The first kappa shape index (κ1) is 11.5. The Kier molecular flexibility index (Phi) is 4.25. The zero-order chi connectivity index (χ0) is 11.2. The molecule has 16 heavy (non-hydrogen) atoms. The third kappa shape index (κ3) is 3.54. The van der Waals surface area contributed by atoms with Crippen LogP contribution in [-0.2, 0) is 6.54 Å². The van der Waals surface area contributed by atoms with Crippen LogP contribution < -0.4 is 5.32 Å². The van der Waals surface area contributed by atoms with Crippen LogP contribution in [-0.4, -0.2) is 41.3 Å². The molecular formula is C12H20N4. The molecule has 4 nitrogen and oxygen atoms in total. The molecule has 1 saturated heterocycles. The largest absolute Gasteiger partial charge is 0.308 e. The zero-order valence-corrected chi connectivity index (χ0v) is 9.89. The van der Waals surface area contributed by atoms with E-state index in [1.54, 1.807) is 6.20 Å². The first-order valence-corrected chi connectivity index (χ1v) is 6.03. The molecule has 1 aromatic rings. The molecule has 2 rings (SSSR count). The Labute approximate surface area is 97.1 Å². The zero-order valence-electron chi connectivity index (χ0n) is 9.89. The fraction of sp³-hybridized carbons (Fsp3) is 0.667. The van der Waals surface area contributed by atoms with Gasteiger partial charge in [-0.2, -0.15) is 10.2 Å². The van der Waals surface area contributed by atoms with Gasteiger partial charge in [0, 0.05) is 18.8 Å². The van der Waals surface area contributed by atoms with Crippen molar-refractivity contribution >= 4 is 0 Å². The van der Waals surface area contributed by atoms with Gasteiger partial charge in [-0.15, -0.1) is 0 Å². The summed E-state index contributed by atoms with van der Waals surface area (Å²) in [7, 11) is 2.20. The molecule has 0 aromatic carbocycles. The average molecular weight is 220 g/mol. The van der Waals surface area contributed by atoms with Crippen LogP contribution in [0.2, 0.25) is 0 Å². The van der Waals surface area contributed by atoms with Crippen LogP contribution in [0.5, 0.6) is 0 Å². The van der Waals surface area contributed by atoms with Crippen LogP contribution in [0.3, 0.4) is 0 Å². The van der Waals surface area contributed by atoms with Crippen molar-refractivity contribution in [3.05, 3.63) is 24.0 Å². The lowest BCUT2D eigenvalue weighted by molar-refractivity contribution is 0.343. The Morgan fingerprint density at radius 3 is 3.19 bits per heavy atom. The van der Waals surface area contributed by atoms with Crippen molar-refractivity contribution in [2.75, 3.05) is 20.1 Å². The monoisotopic (exact) mass is 220 g/mol. The molecule has 1 atom stereocenters. The minimum atomic E-state index is 0.631. The lowest BCUT2D eigenvalue weighted by Gasteiger charge is -2.16. The smallest absolute Gasteiger partial charge is 0.0769 e. The Bertz CT molecular complexity index is 301. The van der Waals surface area contributed by atoms with Gasteiger partial charge in [-0.25, -0.2) is 0 Å². The molecule has 1 unspecified atom stereocenters. The molecule has 1 aliphatic rings. The molecule has 4 heteroatoms. The molecule has 0 saturated carbocycles. The van der Waals surface area contributed by atoms with Crippen LogP contribution in [0.15, 0.2) is 18.3 Å². The van der Waals surface area contributed by atoms with Gasteiger partial charge in [0.25, 0.3) is 0 Å². The van der Waals surface area contributed by atoms with Crippen molar-refractivity contribution in [2.45, 2.75) is 31.8 Å². The van der Waals surface area contributed by atoms with Crippen molar-refractivity contribution in [3.8, 4) is 0 Å². The standard InChI is InChI=1S/C12H20N4/c1-16-8-3-5-11(6-9-16)13-10-12-4-2-7-14-15-12/h2,4,7,11,13H,3,5-6,8-10H2,1H3. The SMILES string of the molecule is CN1CCCC(NCc2cccnn2)CC1. The number of aromatic nitrogens is 2. The van der Waals surface area contributed by atoms with Crippen LogP contribution in [0.25, 0.3) is 0 Å². The molecule has 0 spiro atoms. The average Bonchev–Trinajstić information content (AvgIpc) is 2.53. The highest BCUT2D eigenvalue weighted by Crippen LogP contribution is 2.09. The molecule has 88 valence electrons. The van der Waals surface area contributed by atoms with Gasteiger partial charge >= 0.3 is 0 Å². The quantitative estimate of drug-likeness (QED) is 0.826. The highest BCUT2D eigenvalue weighted by Gasteiger charge is 2.13. The lowest BCUT2D eigenvalue weighted by Crippen LogP contribution is -2.30. The molecular weight excluding hydrogens is 200 g/mol. The van der Waals surface area contributed by atoms with Crippen molar-refractivity contribution in [2.24, 2.45) is 0 Å². The maximum absolute atomic E-state index is 4.08. The van der Waals surface area contributed by atoms with E-state index in [0.717, 1.165) is 12.2 Å². The van der Waals surface area contributed by atoms with Gasteiger partial charge < -0.3 is 10.2 Å². The van der Waals surface area contributed by atoms with Crippen LogP contribution in [0, 0.1) is 0 Å². The first-order valence-electron chi connectivity index (χ1n) is 6.03. The summed E-state index contributed by atoms with van der Waals surface area (Å²) < 4.78 is 0. The van der Waals surface area contributed by atoms with Gasteiger partial charge in [-0.1, -0.05) is 0 Å². The van der Waals surface area contributed by atoms with Crippen LogP contribution >= 0.6 is 0 Å². The summed E-state index contributed by atoms with van der Waals surface area (Å²) in [5, 5.41) is 11.5. The van der Waals surface area contributed by atoms with E-state index in [4.69, 9.17) is 0 Å². The van der Waals surface area contributed by atoms with Gasteiger partial charge in [0.15, 0.2) is 0 Å². The molecule has 0 radical (unpaired) electrons. The van der Waals surface area contributed by atoms with Gasteiger partial charge in [0.1, 0.15) is 0 Å². The summed E-state index contributed by atoms with van der Waals surface area (Å²) in [5.74, 6) is 0. The Morgan fingerprint density at radius 1 is 1.44 bits per heavy atom. The number of nitrogens with one attached hydrogen (secondary N) is 1. The second kappa shape index (κ2) is 5.92. The van der Waals surface area contributed by atoms with E-state index in [0.29, 0.717) is 6.04 Å². The summed E-state index contributed by atoms with van der Waals surface area (Å²) >= 11 is 0. The summed E-state index contributed by atoms with van der Waals surface area (Å²) in [6.45, 7) is 3.25. The molecule has 1 aromatic heterocycles. The fourth-order valence-corrected chi connectivity index (χ4v) is 2.12. The molecule has 2 heterocycles. The second-order valence-electron chi connectivity index (χ2n) is 4.53. The van der Waals surface area contributed by atoms with E-state index in [2.05, 4.69) is 27.5 Å². The first-order chi connectivity index (χ1) is 7.84. The van der Waals surface area contributed by atoms with E-state index in [-0.39, 0.29) is 0 Å². The third-order valence-corrected chi connectivity index (χ3v) is 3.15. The normalized spacial score (nSPS) is 22.9. The van der Waals surface area contributed by atoms with Crippen molar-refractivity contribution < 1.29 is 0 Å². The summed E-state index contributed by atoms with van der Waals surface area (Å²) in [6, 6.07) is 4.58. The molecule has 1 fully saturated rings. The van der Waals surface area contributed by atoms with E-state index in [1.165, 1.54) is 32.4 Å². The Morgan fingerprint density at radius 2 is 2.38 bits per heavy atom. The van der Waals surface area contributed by atoms with E-state index < -0.39 is 0 Å². The molecule has 0 aliphatic carbocycles. The van der Waals surface area contributed by atoms with Gasteiger partial charge in [-0.05, 0) is 51.5 Å². The van der Waals surface area contributed by atoms with E-state index in [1.807, 2.05) is 12.1 Å². The maximum atomic E-state index is 4.08. The van der Waals surface area contributed by atoms with Crippen molar-refractivity contribution in [1.29, 1.82) is 0 Å². The predicted molar refractivity (Wildman–Crippen MR) is 64.0 cm³/mol. The Hall–Kier alpha value is -1.00. The highest BCUT2D eigenvalue weighted by atomic mass is 15.1. The van der Waals surface area contributed by atoms with Gasteiger partial charge in [-0.3, -0.25) is 0 Å². The molecule has 0 bridgehead atoms. The summed E-state index contributed by atoms with van der Waals surface area (Å²) in [4.78, 5) is 2.41. The minimum absolute atomic E-state index is 0.631. The second-order valence-corrected chi connectivity index (χ2v) is 4.53. The Balaban J connectivity index is 1.77. The predicted octanol–water partition coefficient (Wildman–Crippen LogP) is 1.05. The van der Waals surface area contributed by atoms with Crippen LogP contribution in [0.4, 0.5) is 0 Å². The van der Waals surface area contributed by atoms with Crippen molar-refractivity contribution in [3.63, 3.8) is 0 Å².